The molecule has 3 nitrogen and oxygen atoms in total. The Labute approximate surface area is 116 Å². The number of nitrogens with zero attached hydrogens (tertiary/aromatic N) is 1. The number of aryl methyl sites for hydroxylation is 1. The minimum atomic E-state index is -0.384. The first-order valence-electron chi connectivity index (χ1n) is 6.52. The molecule has 0 aromatic heterocycles. The van der Waals surface area contributed by atoms with E-state index in [1.165, 1.54) is 12.1 Å². The van der Waals surface area contributed by atoms with Gasteiger partial charge in [0.05, 0.1) is 0 Å². The number of hydrogen-bond acceptors (Lipinski definition) is 2. The molecule has 0 bridgehead atoms. The molecule has 0 radical (unpaired) electrons. The molecule has 0 saturated carbocycles. The molecule has 0 atom stereocenters. The molecule has 2 N–H and O–H groups in total. The van der Waals surface area contributed by atoms with E-state index in [0.717, 1.165) is 23.2 Å². The summed E-state index contributed by atoms with van der Waals surface area (Å²) in [5.41, 5.74) is 9.50. The molecule has 102 valence electrons. The lowest BCUT2D eigenvalue weighted by atomic mass is 10.1. The molecule has 1 aliphatic rings. The molecular weight excluding hydrogens is 255 g/mol. The molecule has 0 fully saturated rings. The number of rotatable bonds is 1. The van der Waals surface area contributed by atoms with Gasteiger partial charge in [-0.3, -0.25) is 4.79 Å². The van der Waals surface area contributed by atoms with Crippen LogP contribution in [-0.2, 0) is 6.42 Å². The zero-order valence-corrected chi connectivity index (χ0v) is 11.2. The first-order chi connectivity index (χ1) is 9.54. The lowest BCUT2D eigenvalue weighted by Gasteiger charge is -2.18. The largest absolute Gasteiger partial charge is 0.399 e. The second-order valence-corrected chi connectivity index (χ2v) is 5.11. The number of nitrogens with two attached hydrogens (primary N) is 1. The van der Waals surface area contributed by atoms with Crippen LogP contribution < -0.4 is 10.6 Å². The van der Waals surface area contributed by atoms with Gasteiger partial charge in [-0.05, 0) is 60.9 Å². The highest BCUT2D eigenvalue weighted by Gasteiger charge is 2.25. The van der Waals surface area contributed by atoms with Gasteiger partial charge in [0.15, 0.2) is 0 Å². The summed E-state index contributed by atoms with van der Waals surface area (Å²) in [7, 11) is 0. The fourth-order valence-electron chi connectivity index (χ4n) is 2.65. The molecule has 2 aromatic carbocycles. The predicted octanol–water partition coefficient (Wildman–Crippen LogP) is 2.92. The second kappa shape index (κ2) is 4.63. The van der Waals surface area contributed by atoms with E-state index in [-0.39, 0.29) is 11.7 Å². The minimum absolute atomic E-state index is 0.170. The first kappa shape index (κ1) is 12.7. The number of carbonyl (C=O) groups excluding carboxylic acids is 1. The first-order valence-corrected chi connectivity index (χ1v) is 6.52. The number of halogens is 1. The maximum atomic E-state index is 13.4. The Kier molecular flexibility index (Phi) is 2.93. The molecule has 1 heterocycles. The van der Waals surface area contributed by atoms with Crippen LogP contribution in [0.25, 0.3) is 0 Å². The van der Waals surface area contributed by atoms with Crippen LogP contribution in [0.3, 0.4) is 0 Å². The zero-order valence-electron chi connectivity index (χ0n) is 11.2. The molecule has 0 spiro atoms. The minimum Gasteiger partial charge on any atom is -0.399 e. The summed E-state index contributed by atoms with van der Waals surface area (Å²) in [4.78, 5) is 14.2. The number of carbonyl (C=O) groups is 1. The quantitative estimate of drug-likeness (QED) is 0.810. The zero-order chi connectivity index (χ0) is 14.3. The third-order valence-corrected chi connectivity index (χ3v) is 3.53. The molecule has 1 aliphatic heterocycles. The van der Waals surface area contributed by atoms with Crippen molar-refractivity contribution < 1.29 is 9.18 Å². The van der Waals surface area contributed by atoms with Crippen LogP contribution in [0.5, 0.6) is 0 Å². The normalized spacial score (nSPS) is 13.4. The molecule has 4 heteroatoms. The number of nitrogen functional groups attached to an aromatic ring is 1. The van der Waals surface area contributed by atoms with Gasteiger partial charge in [0, 0.05) is 23.5 Å². The molecular formula is C16H15FN2O. The fourth-order valence-corrected chi connectivity index (χ4v) is 2.65. The monoisotopic (exact) mass is 270 g/mol. The topological polar surface area (TPSA) is 46.3 Å². The lowest BCUT2D eigenvalue weighted by Crippen LogP contribution is -2.29. The van der Waals surface area contributed by atoms with Crippen LogP contribution in [0.15, 0.2) is 36.4 Å². The molecule has 3 rings (SSSR count). The summed E-state index contributed by atoms with van der Waals surface area (Å²) >= 11 is 0. The van der Waals surface area contributed by atoms with Crippen molar-refractivity contribution >= 4 is 17.3 Å². The fraction of sp³-hybridized carbons (Fsp3) is 0.188. The van der Waals surface area contributed by atoms with Crippen LogP contribution >= 0.6 is 0 Å². The van der Waals surface area contributed by atoms with Gasteiger partial charge in [-0.25, -0.2) is 4.39 Å². The highest BCUT2D eigenvalue weighted by atomic mass is 19.1. The van der Waals surface area contributed by atoms with E-state index in [1.807, 2.05) is 12.1 Å². The van der Waals surface area contributed by atoms with Gasteiger partial charge >= 0.3 is 0 Å². The molecule has 0 saturated heterocycles. The van der Waals surface area contributed by atoms with Gasteiger partial charge in [-0.2, -0.15) is 0 Å². The van der Waals surface area contributed by atoms with E-state index in [1.54, 1.807) is 24.0 Å². The Balaban J connectivity index is 1.97. The molecule has 20 heavy (non-hydrogen) atoms. The number of hydrogen-bond donors (Lipinski definition) is 1. The number of benzene rings is 2. The summed E-state index contributed by atoms with van der Waals surface area (Å²) in [6.45, 7) is 2.38. The van der Waals surface area contributed by atoms with Crippen molar-refractivity contribution in [1.29, 1.82) is 0 Å². The average molecular weight is 270 g/mol. The number of fused-ring (bicyclic) bond motifs is 1. The lowest BCUT2D eigenvalue weighted by molar-refractivity contribution is 0.0989. The molecule has 2 aromatic rings. The van der Waals surface area contributed by atoms with Crippen molar-refractivity contribution in [3.8, 4) is 0 Å². The highest BCUT2D eigenvalue weighted by molar-refractivity contribution is 6.07. The average Bonchev–Trinajstić information content (AvgIpc) is 2.79. The SMILES string of the molecule is Cc1cc(F)cc(C(=O)N2CCc3cc(N)ccc32)c1. The van der Waals surface area contributed by atoms with Gasteiger partial charge < -0.3 is 10.6 Å². The second-order valence-electron chi connectivity index (χ2n) is 5.11. The van der Waals surface area contributed by atoms with Crippen LogP contribution in [-0.4, -0.2) is 12.5 Å². The standard InChI is InChI=1S/C16H15FN2O/c1-10-6-12(8-13(17)7-10)16(20)19-5-4-11-9-14(18)2-3-15(11)19/h2-3,6-9H,4-5,18H2,1H3. The maximum absolute atomic E-state index is 13.4. The van der Waals surface area contributed by atoms with Crippen molar-refractivity contribution in [3.63, 3.8) is 0 Å². The summed E-state index contributed by atoms with van der Waals surface area (Å²) < 4.78 is 13.4. The summed E-state index contributed by atoms with van der Waals surface area (Å²) in [5, 5.41) is 0. The molecule has 1 amide bonds. The van der Waals surface area contributed by atoms with E-state index in [2.05, 4.69) is 0 Å². The van der Waals surface area contributed by atoms with Crippen molar-refractivity contribution in [3.05, 3.63) is 58.9 Å². The summed E-state index contributed by atoms with van der Waals surface area (Å²) in [6, 6.07) is 9.92. The van der Waals surface area contributed by atoms with Gasteiger partial charge in [-0.1, -0.05) is 0 Å². The van der Waals surface area contributed by atoms with Crippen molar-refractivity contribution in [2.24, 2.45) is 0 Å². The van der Waals surface area contributed by atoms with Gasteiger partial charge in [-0.15, -0.1) is 0 Å². The van der Waals surface area contributed by atoms with E-state index in [0.29, 0.717) is 17.8 Å². The Morgan fingerprint density at radius 1 is 1.25 bits per heavy atom. The van der Waals surface area contributed by atoms with Gasteiger partial charge in [0.25, 0.3) is 5.91 Å². The predicted molar refractivity (Wildman–Crippen MR) is 77.4 cm³/mol. The van der Waals surface area contributed by atoms with E-state index >= 15 is 0 Å². The van der Waals surface area contributed by atoms with E-state index in [9.17, 15) is 9.18 Å². The van der Waals surface area contributed by atoms with Crippen molar-refractivity contribution in [2.45, 2.75) is 13.3 Å². The highest BCUT2D eigenvalue weighted by Crippen LogP contribution is 2.31. The van der Waals surface area contributed by atoms with Crippen LogP contribution in [0.1, 0.15) is 21.5 Å². The Bertz CT molecular complexity index is 677. The third-order valence-electron chi connectivity index (χ3n) is 3.53. The van der Waals surface area contributed by atoms with E-state index < -0.39 is 0 Å². The van der Waals surface area contributed by atoms with Crippen molar-refractivity contribution in [2.75, 3.05) is 17.2 Å². The van der Waals surface area contributed by atoms with E-state index in [4.69, 9.17) is 5.73 Å². The van der Waals surface area contributed by atoms with Crippen LogP contribution in [0.2, 0.25) is 0 Å². The van der Waals surface area contributed by atoms with Crippen LogP contribution in [0.4, 0.5) is 15.8 Å². The Morgan fingerprint density at radius 3 is 2.80 bits per heavy atom. The van der Waals surface area contributed by atoms with Gasteiger partial charge in [0.2, 0.25) is 0 Å². The molecule has 0 aliphatic carbocycles. The third kappa shape index (κ3) is 2.13. The van der Waals surface area contributed by atoms with Crippen molar-refractivity contribution in [1.82, 2.24) is 0 Å². The number of amides is 1. The Morgan fingerprint density at radius 2 is 2.05 bits per heavy atom. The smallest absolute Gasteiger partial charge is 0.258 e. The summed E-state index contributed by atoms with van der Waals surface area (Å²) in [6.07, 6.45) is 0.778. The van der Waals surface area contributed by atoms with Gasteiger partial charge in [0.1, 0.15) is 5.82 Å². The molecule has 0 unspecified atom stereocenters. The number of anilines is 2. The Hall–Kier alpha value is -2.36. The summed E-state index contributed by atoms with van der Waals surface area (Å²) in [5.74, 6) is -0.554. The van der Waals surface area contributed by atoms with Crippen LogP contribution in [0, 0.1) is 12.7 Å². The maximum Gasteiger partial charge on any atom is 0.258 e.